The standard InChI is InChI=1S/C26H26N2/c1-2-3-4-13-20-28(22-16-9-6-10-17-22)26-23-18-11-12-19-24(23)27-25(26)21-14-7-5-8-15-21/h2,5-12,14-19,27H,1,3-4,13,20H2. The highest BCUT2D eigenvalue weighted by Gasteiger charge is 2.20. The molecule has 0 atom stereocenters. The van der Waals surface area contributed by atoms with E-state index in [9.17, 15) is 0 Å². The van der Waals surface area contributed by atoms with E-state index >= 15 is 0 Å². The molecule has 1 heterocycles. The van der Waals surface area contributed by atoms with Gasteiger partial charge in [0.25, 0.3) is 0 Å². The minimum Gasteiger partial charge on any atom is -0.353 e. The quantitative estimate of drug-likeness (QED) is 0.255. The van der Waals surface area contributed by atoms with E-state index < -0.39 is 0 Å². The van der Waals surface area contributed by atoms with Crippen LogP contribution in [-0.2, 0) is 0 Å². The lowest BCUT2D eigenvalue weighted by atomic mass is 10.1. The molecule has 0 aliphatic heterocycles. The molecular weight excluding hydrogens is 340 g/mol. The lowest BCUT2D eigenvalue weighted by Gasteiger charge is -2.26. The number of aromatic nitrogens is 1. The average Bonchev–Trinajstić information content (AvgIpc) is 3.14. The smallest absolute Gasteiger partial charge is 0.0750 e. The lowest BCUT2D eigenvalue weighted by Crippen LogP contribution is -2.19. The van der Waals surface area contributed by atoms with E-state index in [-0.39, 0.29) is 0 Å². The SMILES string of the molecule is C=CCCCCN(c1ccccc1)c1c(-c2ccccc2)[nH]c2ccccc12. The van der Waals surface area contributed by atoms with Gasteiger partial charge in [-0.3, -0.25) is 0 Å². The van der Waals surface area contributed by atoms with E-state index in [1.54, 1.807) is 0 Å². The lowest BCUT2D eigenvalue weighted by molar-refractivity contribution is 0.746. The molecular formula is C26H26N2. The van der Waals surface area contributed by atoms with Crippen LogP contribution in [0.1, 0.15) is 19.3 Å². The van der Waals surface area contributed by atoms with Crippen LogP contribution in [-0.4, -0.2) is 11.5 Å². The van der Waals surface area contributed by atoms with Crippen molar-refractivity contribution in [3.63, 3.8) is 0 Å². The summed E-state index contributed by atoms with van der Waals surface area (Å²) in [6.45, 7) is 4.83. The Morgan fingerprint density at radius 1 is 0.786 bits per heavy atom. The number of nitrogens with zero attached hydrogens (tertiary/aromatic N) is 1. The van der Waals surface area contributed by atoms with Crippen LogP contribution in [0.3, 0.4) is 0 Å². The highest BCUT2D eigenvalue weighted by Crippen LogP contribution is 2.41. The fraction of sp³-hybridized carbons (Fsp3) is 0.154. The van der Waals surface area contributed by atoms with E-state index in [0.717, 1.165) is 25.8 Å². The van der Waals surface area contributed by atoms with Crippen molar-refractivity contribution < 1.29 is 0 Å². The van der Waals surface area contributed by atoms with Gasteiger partial charge in [0.1, 0.15) is 0 Å². The summed E-state index contributed by atoms with van der Waals surface area (Å²) in [7, 11) is 0. The summed E-state index contributed by atoms with van der Waals surface area (Å²) in [5, 5.41) is 1.26. The maximum Gasteiger partial charge on any atom is 0.0750 e. The van der Waals surface area contributed by atoms with Crippen molar-refractivity contribution in [1.29, 1.82) is 0 Å². The van der Waals surface area contributed by atoms with Gasteiger partial charge in [0, 0.05) is 28.7 Å². The van der Waals surface area contributed by atoms with Crippen molar-refractivity contribution in [2.45, 2.75) is 19.3 Å². The Morgan fingerprint density at radius 2 is 1.46 bits per heavy atom. The van der Waals surface area contributed by atoms with Crippen molar-refractivity contribution in [1.82, 2.24) is 4.98 Å². The minimum atomic E-state index is 0.972. The summed E-state index contributed by atoms with van der Waals surface area (Å²) < 4.78 is 0. The first kappa shape index (κ1) is 18.1. The van der Waals surface area contributed by atoms with Gasteiger partial charge < -0.3 is 9.88 Å². The number of anilines is 2. The Labute approximate surface area is 167 Å². The maximum atomic E-state index is 3.86. The zero-order valence-corrected chi connectivity index (χ0v) is 16.1. The third kappa shape index (κ3) is 3.72. The molecule has 4 rings (SSSR count). The van der Waals surface area contributed by atoms with Crippen molar-refractivity contribution in [2.75, 3.05) is 11.4 Å². The van der Waals surface area contributed by atoms with Crippen molar-refractivity contribution in [2.24, 2.45) is 0 Å². The number of aromatic amines is 1. The first-order chi connectivity index (χ1) is 13.9. The molecule has 0 spiro atoms. The summed E-state index contributed by atoms with van der Waals surface area (Å²) in [4.78, 5) is 6.14. The number of hydrogen-bond acceptors (Lipinski definition) is 1. The zero-order chi connectivity index (χ0) is 19.2. The molecule has 0 aliphatic rings. The van der Waals surface area contributed by atoms with Crippen molar-refractivity contribution >= 4 is 22.3 Å². The van der Waals surface area contributed by atoms with Crippen LogP contribution in [0.5, 0.6) is 0 Å². The molecule has 4 aromatic rings. The number of fused-ring (bicyclic) bond motifs is 1. The molecule has 0 aliphatic carbocycles. The number of nitrogens with one attached hydrogen (secondary N) is 1. The van der Waals surface area contributed by atoms with Gasteiger partial charge in [0.15, 0.2) is 0 Å². The zero-order valence-electron chi connectivity index (χ0n) is 16.1. The van der Waals surface area contributed by atoms with Crippen LogP contribution < -0.4 is 4.90 Å². The van der Waals surface area contributed by atoms with E-state index in [0.29, 0.717) is 0 Å². The minimum absolute atomic E-state index is 0.972. The molecule has 28 heavy (non-hydrogen) atoms. The largest absolute Gasteiger partial charge is 0.353 e. The van der Waals surface area contributed by atoms with Crippen LogP contribution in [0.2, 0.25) is 0 Å². The fourth-order valence-corrected chi connectivity index (χ4v) is 3.76. The topological polar surface area (TPSA) is 19.0 Å². The van der Waals surface area contributed by atoms with E-state index in [1.807, 2.05) is 6.08 Å². The summed E-state index contributed by atoms with van der Waals surface area (Å²) in [5.74, 6) is 0. The molecule has 0 bridgehead atoms. The monoisotopic (exact) mass is 366 g/mol. The van der Waals surface area contributed by atoms with Gasteiger partial charge in [0.2, 0.25) is 0 Å². The van der Waals surface area contributed by atoms with Crippen molar-refractivity contribution in [3.8, 4) is 11.3 Å². The molecule has 2 nitrogen and oxygen atoms in total. The second-order valence-electron chi connectivity index (χ2n) is 7.03. The highest BCUT2D eigenvalue weighted by molar-refractivity contribution is 6.03. The van der Waals surface area contributed by atoms with Gasteiger partial charge in [-0.1, -0.05) is 72.8 Å². The van der Waals surface area contributed by atoms with Gasteiger partial charge in [-0.15, -0.1) is 6.58 Å². The van der Waals surface area contributed by atoms with E-state index in [1.165, 1.54) is 33.5 Å². The number of rotatable bonds is 8. The average molecular weight is 367 g/mol. The second kappa shape index (κ2) is 8.62. The Bertz CT molecular complexity index is 1030. The maximum absolute atomic E-state index is 3.86. The predicted molar refractivity (Wildman–Crippen MR) is 121 cm³/mol. The summed E-state index contributed by atoms with van der Waals surface area (Å²) in [6.07, 6.45) is 5.33. The molecule has 1 aromatic heterocycles. The van der Waals surface area contributed by atoms with Crippen molar-refractivity contribution in [3.05, 3.63) is 97.6 Å². The van der Waals surface area contributed by atoms with E-state index in [2.05, 4.69) is 101 Å². The Morgan fingerprint density at radius 3 is 2.21 bits per heavy atom. The molecule has 3 aromatic carbocycles. The van der Waals surface area contributed by atoms with Crippen LogP contribution in [0.25, 0.3) is 22.2 Å². The van der Waals surface area contributed by atoms with Gasteiger partial charge in [0.05, 0.1) is 11.4 Å². The highest BCUT2D eigenvalue weighted by atomic mass is 15.1. The number of allylic oxidation sites excluding steroid dienone is 1. The number of H-pyrrole nitrogens is 1. The third-order valence-electron chi connectivity index (χ3n) is 5.12. The Balaban J connectivity index is 1.86. The predicted octanol–water partition coefficient (Wildman–Crippen LogP) is 7.33. The van der Waals surface area contributed by atoms with Gasteiger partial charge in [-0.2, -0.15) is 0 Å². The fourth-order valence-electron chi connectivity index (χ4n) is 3.76. The molecule has 2 heteroatoms. The van der Waals surface area contributed by atoms with Crippen LogP contribution in [0, 0.1) is 0 Å². The molecule has 0 fully saturated rings. The molecule has 0 amide bonds. The first-order valence-electron chi connectivity index (χ1n) is 9.98. The number of unbranched alkanes of at least 4 members (excludes halogenated alkanes) is 2. The number of hydrogen-bond donors (Lipinski definition) is 1. The van der Waals surface area contributed by atoms with Crippen LogP contribution in [0.4, 0.5) is 11.4 Å². The molecule has 0 saturated heterocycles. The molecule has 1 N–H and O–H groups in total. The first-order valence-corrected chi connectivity index (χ1v) is 9.98. The molecule has 140 valence electrons. The van der Waals surface area contributed by atoms with Crippen LogP contribution >= 0.6 is 0 Å². The van der Waals surface area contributed by atoms with Gasteiger partial charge >= 0.3 is 0 Å². The summed E-state index contributed by atoms with van der Waals surface area (Å²) in [5.41, 5.74) is 6.04. The molecule has 0 radical (unpaired) electrons. The molecule has 0 saturated carbocycles. The van der Waals surface area contributed by atoms with Crippen LogP contribution in [0.15, 0.2) is 97.6 Å². The Hall–Kier alpha value is -3.26. The summed E-state index contributed by atoms with van der Waals surface area (Å²) >= 11 is 0. The summed E-state index contributed by atoms with van der Waals surface area (Å²) in [6, 6.07) is 29.9. The normalized spacial score (nSPS) is 10.9. The van der Waals surface area contributed by atoms with Gasteiger partial charge in [-0.05, 0) is 37.5 Å². The van der Waals surface area contributed by atoms with E-state index in [4.69, 9.17) is 0 Å². The number of para-hydroxylation sites is 2. The Kier molecular flexibility index (Phi) is 5.58. The molecule has 0 unspecified atom stereocenters. The van der Waals surface area contributed by atoms with Gasteiger partial charge in [-0.25, -0.2) is 0 Å². The number of benzene rings is 3. The third-order valence-corrected chi connectivity index (χ3v) is 5.12. The second-order valence-corrected chi connectivity index (χ2v) is 7.03.